The first kappa shape index (κ1) is 15.7. The molecule has 0 bridgehead atoms. The first-order chi connectivity index (χ1) is 9.85. The number of aromatic nitrogens is 2. The van der Waals surface area contributed by atoms with Gasteiger partial charge in [0.2, 0.25) is 11.6 Å². The van der Waals surface area contributed by atoms with Gasteiger partial charge in [-0.1, -0.05) is 0 Å². The van der Waals surface area contributed by atoms with Gasteiger partial charge < -0.3 is 4.74 Å². The van der Waals surface area contributed by atoms with E-state index in [0.29, 0.717) is 11.3 Å². The van der Waals surface area contributed by atoms with E-state index in [2.05, 4.69) is 21.0 Å². The van der Waals surface area contributed by atoms with Gasteiger partial charge in [0.25, 0.3) is 0 Å². The predicted octanol–water partition coefficient (Wildman–Crippen LogP) is 4.07. The Morgan fingerprint density at radius 3 is 2.81 bits per heavy atom. The summed E-state index contributed by atoms with van der Waals surface area (Å²) in [6, 6.07) is 2.00. The lowest BCUT2D eigenvalue weighted by molar-refractivity contribution is -0.385. The Balaban J connectivity index is 2.54. The van der Waals surface area contributed by atoms with Gasteiger partial charge in [0.1, 0.15) is 5.82 Å². The number of hydrogen-bond donors (Lipinski definition) is 0. The summed E-state index contributed by atoms with van der Waals surface area (Å²) in [6.45, 7) is 1.74. The number of nitro benzene ring substituents is 1. The Morgan fingerprint density at radius 2 is 2.24 bits per heavy atom. The van der Waals surface area contributed by atoms with Crippen LogP contribution in [0.5, 0.6) is 11.6 Å². The minimum atomic E-state index is -0.665. The van der Waals surface area contributed by atoms with E-state index in [4.69, 9.17) is 16.3 Å². The summed E-state index contributed by atoms with van der Waals surface area (Å²) >= 11 is 8.73. The van der Waals surface area contributed by atoms with E-state index in [0.717, 1.165) is 12.1 Å². The van der Waals surface area contributed by atoms with Gasteiger partial charge in [-0.2, -0.15) is 5.10 Å². The summed E-state index contributed by atoms with van der Waals surface area (Å²) < 4.78 is 20.5. The van der Waals surface area contributed by atoms with Crippen LogP contribution in [0.2, 0.25) is 0 Å². The molecule has 0 aliphatic rings. The zero-order valence-electron chi connectivity index (χ0n) is 11.1. The second-order valence-corrected chi connectivity index (χ2v) is 5.34. The molecule has 2 aromatic rings. The van der Waals surface area contributed by atoms with Gasteiger partial charge in [-0.15, -0.1) is 11.6 Å². The Kier molecular flexibility index (Phi) is 4.48. The van der Waals surface area contributed by atoms with Gasteiger partial charge in [-0.25, -0.2) is 9.07 Å². The van der Waals surface area contributed by atoms with E-state index in [9.17, 15) is 14.5 Å². The zero-order chi connectivity index (χ0) is 15.7. The maximum Gasteiger partial charge on any atom is 0.312 e. The first-order valence-corrected chi connectivity index (χ1v) is 7.07. The third-order valence-electron chi connectivity index (χ3n) is 2.83. The van der Waals surface area contributed by atoms with Crippen LogP contribution in [0.3, 0.4) is 0 Å². The van der Waals surface area contributed by atoms with Crippen LogP contribution in [-0.4, -0.2) is 14.7 Å². The highest BCUT2D eigenvalue weighted by atomic mass is 79.9. The summed E-state index contributed by atoms with van der Waals surface area (Å²) in [7, 11) is 1.61. The van der Waals surface area contributed by atoms with E-state index in [-0.39, 0.29) is 27.7 Å². The number of nitro groups is 1. The number of hydrogen-bond acceptors (Lipinski definition) is 4. The Hall–Kier alpha value is -1.67. The fourth-order valence-electron chi connectivity index (χ4n) is 1.81. The molecule has 0 atom stereocenters. The molecule has 1 aromatic carbocycles. The fourth-order valence-corrected chi connectivity index (χ4v) is 2.45. The van der Waals surface area contributed by atoms with Crippen molar-refractivity contribution in [2.75, 3.05) is 0 Å². The molecule has 21 heavy (non-hydrogen) atoms. The zero-order valence-corrected chi connectivity index (χ0v) is 13.4. The number of halogens is 3. The molecule has 0 aliphatic carbocycles. The third-order valence-corrected chi connectivity index (χ3v) is 3.70. The molecule has 0 radical (unpaired) electrons. The van der Waals surface area contributed by atoms with Crippen LogP contribution in [0, 0.1) is 22.9 Å². The van der Waals surface area contributed by atoms with Crippen LogP contribution in [0.1, 0.15) is 11.3 Å². The second-order valence-electron chi connectivity index (χ2n) is 4.22. The SMILES string of the molecule is Cc1nn(C)c(Oc2cc(F)c(Br)cc2[N+](=O)[O-])c1CCl. The van der Waals surface area contributed by atoms with Crippen LogP contribution in [0.25, 0.3) is 0 Å². The standard InChI is InChI=1S/C12H10BrClFN3O3/c1-6-7(5-14)12(17(2)16-6)21-11-4-9(15)8(13)3-10(11)18(19)20/h3-4H,5H2,1-2H3. The number of nitrogens with zero attached hydrogens (tertiary/aromatic N) is 3. The average Bonchev–Trinajstić information content (AvgIpc) is 2.67. The second kappa shape index (κ2) is 5.98. The van der Waals surface area contributed by atoms with Gasteiger partial charge >= 0.3 is 5.69 Å². The minimum Gasteiger partial charge on any atom is -0.432 e. The fraction of sp³-hybridized carbons (Fsp3) is 0.250. The molecule has 1 aromatic heterocycles. The van der Waals surface area contributed by atoms with Crippen molar-refractivity contribution in [3.8, 4) is 11.6 Å². The Bertz CT molecular complexity index is 720. The lowest BCUT2D eigenvalue weighted by Gasteiger charge is -2.09. The van der Waals surface area contributed by atoms with Crippen LogP contribution in [-0.2, 0) is 12.9 Å². The summed E-state index contributed by atoms with van der Waals surface area (Å²) in [5.74, 6) is -0.508. The molecule has 0 aliphatic heterocycles. The summed E-state index contributed by atoms with van der Waals surface area (Å²) in [5, 5.41) is 15.2. The molecule has 112 valence electrons. The molecule has 6 nitrogen and oxygen atoms in total. The van der Waals surface area contributed by atoms with Gasteiger partial charge in [0.05, 0.1) is 26.5 Å². The van der Waals surface area contributed by atoms with Crippen LogP contribution >= 0.6 is 27.5 Å². The molecule has 0 N–H and O–H groups in total. The predicted molar refractivity (Wildman–Crippen MR) is 78.3 cm³/mol. The monoisotopic (exact) mass is 377 g/mol. The highest BCUT2D eigenvalue weighted by Gasteiger charge is 2.23. The molecule has 0 saturated carbocycles. The highest BCUT2D eigenvalue weighted by molar-refractivity contribution is 9.10. The topological polar surface area (TPSA) is 70.2 Å². The molecule has 0 unspecified atom stereocenters. The third kappa shape index (κ3) is 3.01. The van der Waals surface area contributed by atoms with Crippen molar-refractivity contribution < 1.29 is 14.1 Å². The quantitative estimate of drug-likeness (QED) is 0.457. The van der Waals surface area contributed by atoms with E-state index in [1.807, 2.05) is 0 Å². The van der Waals surface area contributed by atoms with Crippen molar-refractivity contribution >= 4 is 33.2 Å². The molecule has 0 spiro atoms. The molecule has 0 fully saturated rings. The Labute approximate surface area is 132 Å². The number of alkyl halides is 1. The van der Waals surface area contributed by atoms with Crippen LogP contribution in [0.15, 0.2) is 16.6 Å². The molecular weight excluding hydrogens is 369 g/mol. The summed E-state index contributed by atoms with van der Waals surface area (Å²) in [5.41, 5.74) is 0.877. The smallest absolute Gasteiger partial charge is 0.312 e. The number of ether oxygens (including phenoxy) is 1. The van der Waals surface area contributed by atoms with Crippen molar-refractivity contribution in [1.29, 1.82) is 0 Å². The van der Waals surface area contributed by atoms with E-state index in [1.165, 1.54) is 4.68 Å². The van der Waals surface area contributed by atoms with E-state index >= 15 is 0 Å². The number of benzene rings is 1. The van der Waals surface area contributed by atoms with Crippen molar-refractivity contribution in [3.63, 3.8) is 0 Å². The molecular formula is C12H10BrClFN3O3. The van der Waals surface area contributed by atoms with Crippen LogP contribution < -0.4 is 4.74 Å². The lowest BCUT2D eigenvalue weighted by Crippen LogP contribution is -2.00. The lowest BCUT2D eigenvalue weighted by atomic mass is 10.2. The number of aryl methyl sites for hydroxylation is 2. The average molecular weight is 379 g/mol. The van der Waals surface area contributed by atoms with Crippen molar-refractivity contribution in [3.05, 3.63) is 43.8 Å². The molecule has 0 saturated heterocycles. The highest BCUT2D eigenvalue weighted by Crippen LogP contribution is 2.37. The van der Waals surface area contributed by atoms with Crippen LogP contribution in [0.4, 0.5) is 10.1 Å². The number of rotatable bonds is 4. The molecule has 2 rings (SSSR count). The maximum atomic E-state index is 13.6. The summed E-state index contributed by atoms with van der Waals surface area (Å²) in [6.07, 6.45) is 0. The molecule has 0 amide bonds. The van der Waals surface area contributed by atoms with Gasteiger partial charge in [-0.3, -0.25) is 10.1 Å². The molecule has 9 heteroatoms. The van der Waals surface area contributed by atoms with Crippen molar-refractivity contribution in [2.45, 2.75) is 12.8 Å². The normalized spacial score (nSPS) is 10.7. The van der Waals surface area contributed by atoms with E-state index in [1.54, 1.807) is 14.0 Å². The largest absolute Gasteiger partial charge is 0.432 e. The van der Waals surface area contributed by atoms with E-state index < -0.39 is 10.7 Å². The maximum absolute atomic E-state index is 13.6. The van der Waals surface area contributed by atoms with Gasteiger partial charge in [0.15, 0.2) is 0 Å². The van der Waals surface area contributed by atoms with Gasteiger partial charge in [-0.05, 0) is 22.9 Å². The molecule has 1 heterocycles. The van der Waals surface area contributed by atoms with Crippen molar-refractivity contribution in [2.24, 2.45) is 7.05 Å². The Morgan fingerprint density at radius 1 is 1.57 bits per heavy atom. The van der Waals surface area contributed by atoms with Gasteiger partial charge in [0, 0.05) is 19.2 Å². The minimum absolute atomic E-state index is 0.0136. The first-order valence-electron chi connectivity index (χ1n) is 5.74. The van der Waals surface area contributed by atoms with Crippen molar-refractivity contribution in [1.82, 2.24) is 9.78 Å². The summed E-state index contributed by atoms with van der Waals surface area (Å²) in [4.78, 5) is 10.4.